The zero-order chi connectivity index (χ0) is 14.7. The summed E-state index contributed by atoms with van der Waals surface area (Å²) >= 11 is 1.70. The largest absolute Gasteiger partial charge is 0.462 e. The standard InChI is InChI=1S/C16H20N2O2S/c1-2-20-16(19)12-3-4-13-14(10-12)21-15(18-13)9-11-5-7-17-8-6-11/h3-4,10-11,17H,2,5-9H2,1H3. The van der Waals surface area contributed by atoms with Crippen LogP contribution < -0.4 is 5.32 Å². The topological polar surface area (TPSA) is 51.2 Å². The van der Waals surface area contributed by atoms with Crippen LogP contribution in [0.3, 0.4) is 0 Å². The second-order valence-electron chi connectivity index (χ2n) is 5.41. The van der Waals surface area contributed by atoms with Crippen LogP contribution in [0.15, 0.2) is 18.2 Å². The lowest BCUT2D eigenvalue weighted by molar-refractivity contribution is 0.0526. The predicted molar refractivity (Wildman–Crippen MR) is 84.9 cm³/mol. The number of thiazole rings is 1. The van der Waals surface area contributed by atoms with Crippen LogP contribution in [0.4, 0.5) is 0 Å². The van der Waals surface area contributed by atoms with E-state index in [1.165, 1.54) is 17.8 Å². The lowest BCUT2D eigenvalue weighted by Gasteiger charge is -2.21. The Balaban J connectivity index is 1.77. The van der Waals surface area contributed by atoms with E-state index in [9.17, 15) is 4.79 Å². The van der Waals surface area contributed by atoms with Gasteiger partial charge in [-0.3, -0.25) is 0 Å². The number of rotatable bonds is 4. The molecule has 0 radical (unpaired) electrons. The van der Waals surface area contributed by atoms with Gasteiger partial charge in [0.25, 0.3) is 0 Å². The van der Waals surface area contributed by atoms with Crippen molar-refractivity contribution < 1.29 is 9.53 Å². The first-order valence-electron chi connectivity index (χ1n) is 7.53. The third-order valence-electron chi connectivity index (χ3n) is 3.87. The summed E-state index contributed by atoms with van der Waals surface area (Å²) in [5, 5.41) is 4.57. The average Bonchev–Trinajstić information content (AvgIpc) is 2.89. The highest BCUT2D eigenvalue weighted by atomic mass is 32.1. The normalized spacial score (nSPS) is 16.2. The predicted octanol–water partition coefficient (Wildman–Crippen LogP) is 3.02. The van der Waals surface area contributed by atoms with Crippen molar-refractivity contribution in [3.8, 4) is 0 Å². The number of benzene rings is 1. The fraction of sp³-hybridized carbons (Fsp3) is 0.500. The lowest BCUT2D eigenvalue weighted by Crippen LogP contribution is -2.28. The van der Waals surface area contributed by atoms with Crippen LogP contribution >= 0.6 is 11.3 Å². The number of hydrogen-bond acceptors (Lipinski definition) is 5. The van der Waals surface area contributed by atoms with Crippen LogP contribution in [0.2, 0.25) is 0 Å². The average molecular weight is 304 g/mol. The number of carbonyl (C=O) groups is 1. The quantitative estimate of drug-likeness (QED) is 0.882. The molecule has 4 nitrogen and oxygen atoms in total. The fourth-order valence-corrected chi connectivity index (χ4v) is 3.85. The molecule has 1 aromatic carbocycles. The number of piperidine rings is 1. The van der Waals surface area contributed by atoms with Gasteiger partial charge in [-0.2, -0.15) is 0 Å². The summed E-state index contributed by atoms with van der Waals surface area (Å²) in [5.41, 5.74) is 1.60. The summed E-state index contributed by atoms with van der Waals surface area (Å²) in [7, 11) is 0. The van der Waals surface area contributed by atoms with Crippen LogP contribution in [0.1, 0.15) is 35.1 Å². The highest BCUT2D eigenvalue weighted by Crippen LogP contribution is 2.27. The molecule has 1 aliphatic heterocycles. The molecule has 21 heavy (non-hydrogen) atoms. The minimum absolute atomic E-state index is 0.257. The molecule has 3 rings (SSSR count). The molecule has 1 N–H and O–H groups in total. The zero-order valence-electron chi connectivity index (χ0n) is 12.2. The molecular formula is C16H20N2O2S. The van der Waals surface area contributed by atoms with Crippen molar-refractivity contribution in [1.82, 2.24) is 10.3 Å². The maximum Gasteiger partial charge on any atom is 0.338 e. The monoisotopic (exact) mass is 304 g/mol. The molecule has 1 saturated heterocycles. The van der Waals surface area contributed by atoms with E-state index in [-0.39, 0.29) is 5.97 Å². The van der Waals surface area contributed by atoms with Crippen molar-refractivity contribution in [2.24, 2.45) is 5.92 Å². The molecule has 0 unspecified atom stereocenters. The Labute approximate surface area is 128 Å². The summed E-state index contributed by atoms with van der Waals surface area (Å²) in [6, 6.07) is 5.62. The number of esters is 1. The molecule has 112 valence electrons. The van der Waals surface area contributed by atoms with Crippen LogP contribution in [-0.2, 0) is 11.2 Å². The van der Waals surface area contributed by atoms with Gasteiger partial charge in [0.05, 0.1) is 27.4 Å². The van der Waals surface area contributed by atoms with Crippen molar-refractivity contribution >= 4 is 27.5 Å². The van der Waals surface area contributed by atoms with Gasteiger partial charge < -0.3 is 10.1 Å². The van der Waals surface area contributed by atoms with E-state index < -0.39 is 0 Å². The van der Waals surface area contributed by atoms with E-state index in [0.29, 0.717) is 12.2 Å². The molecule has 0 bridgehead atoms. The van der Waals surface area contributed by atoms with Crippen molar-refractivity contribution in [2.45, 2.75) is 26.2 Å². The minimum Gasteiger partial charge on any atom is -0.462 e. The number of nitrogens with one attached hydrogen (secondary N) is 1. The summed E-state index contributed by atoms with van der Waals surface area (Å²) in [6.45, 7) is 4.45. The highest BCUT2D eigenvalue weighted by Gasteiger charge is 2.16. The molecule has 0 atom stereocenters. The first-order valence-corrected chi connectivity index (χ1v) is 8.35. The third kappa shape index (κ3) is 3.41. The second kappa shape index (κ2) is 6.54. The Kier molecular flexibility index (Phi) is 4.51. The number of carbonyl (C=O) groups excluding carboxylic acids is 1. The summed E-state index contributed by atoms with van der Waals surface area (Å²) in [5.74, 6) is 0.476. The van der Waals surface area contributed by atoms with Crippen LogP contribution in [0.25, 0.3) is 10.2 Å². The third-order valence-corrected chi connectivity index (χ3v) is 4.91. The highest BCUT2D eigenvalue weighted by molar-refractivity contribution is 7.18. The number of ether oxygens (including phenoxy) is 1. The summed E-state index contributed by atoms with van der Waals surface area (Å²) in [4.78, 5) is 16.5. The lowest BCUT2D eigenvalue weighted by atomic mass is 9.95. The van der Waals surface area contributed by atoms with E-state index in [1.807, 2.05) is 19.1 Å². The molecule has 5 heteroatoms. The molecule has 2 aromatic rings. The van der Waals surface area contributed by atoms with Crippen LogP contribution in [-0.4, -0.2) is 30.6 Å². The molecular weight excluding hydrogens is 284 g/mol. The van der Waals surface area contributed by atoms with Gasteiger partial charge >= 0.3 is 5.97 Å². The minimum atomic E-state index is -0.257. The molecule has 0 aliphatic carbocycles. The van der Waals surface area contributed by atoms with Gasteiger partial charge in [0.15, 0.2) is 0 Å². The van der Waals surface area contributed by atoms with Gasteiger partial charge in [0, 0.05) is 6.42 Å². The first kappa shape index (κ1) is 14.5. The number of nitrogens with zero attached hydrogens (tertiary/aromatic N) is 1. The molecule has 0 saturated carbocycles. The SMILES string of the molecule is CCOC(=O)c1ccc2nc(CC3CCNCC3)sc2c1. The van der Waals surface area contributed by atoms with Crippen LogP contribution in [0, 0.1) is 5.92 Å². The Bertz CT molecular complexity index is 632. The van der Waals surface area contributed by atoms with Gasteiger partial charge in [-0.1, -0.05) is 0 Å². The van der Waals surface area contributed by atoms with Crippen molar-refractivity contribution in [3.05, 3.63) is 28.8 Å². The van der Waals surface area contributed by atoms with Gasteiger partial charge in [-0.05, 0) is 57.0 Å². The van der Waals surface area contributed by atoms with Gasteiger partial charge in [-0.15, -0.1) is 11.3 Å². The molecule has 2 heterocycles. The number of fused-ring (bicyclic) bond motifs is 1. The Morgan fingerprint density at radius 1 is 1.43 bits per heavy atom. The maximum absolute atomic E-state index is 11.8. The number of hydrogen-bond donors (Lipinski definition) is 1. The van der Waals surface area contributed by atoms with E-state index >= 15 is 0 Å². The van der Waals surface area contributed by atoms with E-state index in [1.54, 1.807) is 17.4 Å². The molecule has 0 amide bonds. The smallest absolute Gasteiger partial charge is 0.338 e. The van der Waals surface area contributed by atoms with Crippen LogP contribution in [0.5, 0.6) is 0 Å². The van der Waals surface area contributed by atoms with Crippen molar-refractivity contribution in [1.29, 1.82) is 0 Å². The number of aromatic nitrogens is 1. The van der Waals surface area contributed by atoms with Crippen molar-refractivity contribution in [2.75, 3.05) is 19.7 Å². The van der Waals surface area contributed by atoms with Gasteiger partial charge in [0.1, 0.15) is 0 Å². The first-order chi connectivity index (χ1) is 10.3. The fourth-order valence-electron chi connectivity index (χ4n) is 2.73. The molecule has 1 aliphatic rings. The van der Waals surface area contributed by atoms with E-state index in [4.69, 9.17) is 9.72 Å². The molecule has 1 aromatic heterocycles. The second-order valence-corrected chi connectivity index (χ2v) is 6.52. The summed E-state index contributed by atoms with van der Waals surface area (Å²) in [6.07, 6.45) is 3.50. The molecule has 0 spiro atoms. The zero-order valence-corrected chi connectivity index (χ0v) is 13.0. The summed E-state index contributed by atoms with van der Waals surface area (Å²) < 4.78 is 6.12. The van der Waals surface area contributed by atoms with E-state index in [0.717, 1.165) is 35.6 Å². The van der Waals surface area contributed by atoms with Gasteiger partial charge in [-0.25, -0.2) is 9.78 Å². The van der Waals surface area contributed by atoms with Crippen molar-refractivity contribution in [3.63, 3.8) is 0 Å². The van der Waals surface area contributed by atoms with E-state index in [2.05, 4.69) is 5.32 Å². The maximum atomic E-state index is 11.8. The Morgan fingerprint density at radius 2 is 2.24 bits per heavy atom. The van der Waals surface area contributed by atoms with Gasteiger partial charge in [0.2, 0.25) is 0 Å². The Hall–Kier alpha value is -1.46. The Morgan fingerprint density at radius 3 is 3.00 bits per heavy atom. The molecule has 1 fully saturated rings.